The van der Waals surface area contributed by atoms with Crippen LogP contribution in [0, 0.1) is 11.8 Å². The van der Waals surface area contributed by atoms with Crippen molar-refractivity contribution in [3.8, 4) is 0 Å². The van der Waals surface area contributed by atoms with Gasteiger partial charge in [-0.1, -0.05) is 13.8 Å². The van der Waals surface area contributed by atoms with Crippen LogP contribution in [0.15, 0.2) is 11.0 Å². The summed E-state index contributed by atoms with van der Waals surface area (Å²) in [6.45, 7) is 3.88. The van der Waals surface area contributed by atoms with Crippen molar-refractivity contribution in [1.29, 1.82) is 0 Å². The van der Waals surface area contributed by atoms with Crippen molar-refractivity contribution in [2.75, 3.05) is 6.54 Å². The van der Waals surface area contributed by atoms with E-state index in [1.165, 1.54) is 6.20 Å². The van der Waals surface area contributed by atoms with Gasteiger partial charge >= 0.3 is 11.7 Å². The van der Waals surface area contributed by atoms with Crippen LogP contribution >= 0.6 is 0 Å². The van der Waals surface area contributed by atoms with Crippen LogP contribution in [0.4, 0.5) is 0 Å². The molecule has 1 aromatic rings. The standard InChI is InChI=1S/C11H17N3O4/c1-6(2)3-7(10(16)17)4-12-9(15)8-5-13-11(18)14-8/h5-7H,3-4H2,1-2H3,(H,12,15)(H,16,17)(H2,13,14,18). The molecule has 1 heterocycles. The highest BCUT2D eigenvalue weighted by Gasteiger charge is 2.20. The molecule has 100 valence electrons. The number of aromatic nitrogens is 2. The molecule has 1 aromatic heterocycles. The molecule has 7 nitrogen and oxygen atoms in total. The van der Waals surface area contributed by atoms with E-state index in [1.807, 2.05) is 13.8 Å². The van der Waals surface area contributed by atoms with Gasteiger partial charge in [-0.3, -0.25) is 9.59 Å². The molecule has 1 unspecified atom stereocenters. The Kier molecular flexibility index (Phi) is 4.70. The fraction of sp³-hybridized carbons (Fsp3) is 0.545. The molecule has 4 N–H and O–H groups in total. The lowest BCUT2D eigenvalue weighted by Gasteiger charge is -2.14. The van der Waals surface area contributed by atoms with Crippen molar-refractivity contribution < 1.29 is 14.7 Å². The predicted molar refractivity (Wildman–Crippen MR) is 64.3 cm³/mol. The molecular weight excluding hydrogens is 238 g/mol. The zero-order valence-corrected chi connectivity index (χ0v) is 10.3. The summed E-state index contributed by atoms with van der Waals surface area (Å²) in [6, 6.07) is 0. The van der Waals surface area contributed by atoms with Gasteiger partial charge in [0.15, 0.2) is 0 Å². The molecule has 0 spiro atoms. The maximum absolute atomic E-state index is 11.6. The summed E-state index contributed by atoms with van der Waals surface area (Å²) in [4.78, 5) is 38.0. The summed E-state index contributed by atoms with van der Waals surface area (Å²) in [7, 11) is 0. The van der Waals surface area contributed by atoms with Crippen LogP contribution in [-0.2, 0) is 4.79 Å². The number of carboxylic acids is 1. The van der Waals surface area contributed by atoms with E-state index in [-0.39, 0.29) is 18.2 Å². The first-order valence-corrected chi connectivity index (χ1v) is 5.69. The monoisotopic (exact) mass is 255 g/mol. The summed E-state index contributed by atoms with van der Waals surface area (Å²) in [5.41, 5.74) is -0.384. The molecule has 0 aromatic carbocycles. The molecule has 1 atom stereocenters. The van der Waals surface area contributed by atoms with Gasteiger partial charge in [0.1, 0.15) is 5.69 Å². The second-order valence-electron chi connectivity index (χ2n) is 4.53. The minimum absolute atomic E-state index is 0.0412. The number of carbonyl (C=O) groups is 2. The summed E-state index contributed by atoms with van der Waals surface area (Å²) in [5.74, 6) is -1.83. The van der Waals surface area contributed by atoms with E-state index in [1.54, 1.807) is 0 Å². The van der Waals surface area contributed by atoms with Crippen molar-refractivity contribution in [3.63, 3.8) is 0 Å². The normalized spacial score (nSPS) is 12.4. The number of rotatable bonds is 6. The quantitative estimate of drug-likeness (QED) is 0.580. The van der Waals surface area contributed by atoms with Gasteiger partial charge in [-0.15, -0.1) is 0 Å². The minimum atomic E-state index is -0.938. The Bertz CT molecular complexity index is 475. The molecule has 18 heavy (non-hydrogen) atoms. The van der Waals surface area contributed by atoms with Crippen molar-refractivity contribution in [1.82, 2.24) is 15.3 Å². The maximum Gasteiger partial charge on any atom is 0.323 e. The van der Waals surface area contributed by atoms with E-state index < -0.39 is 23.5 Å². The highest BCUT2D eigenvalue weighted by Crippen LogP contribution is 2.11. The fourth-order valence-electron chi connectivity index (χ4n) is 1.61. The van der Waals surface area contributed by atoms with E-state index in [9.17, 15) is 14.4 Å². The number of carboxylic acid groups (broad SMARTS) is 1. The molecule has 7 heteroatoms. The Morgan fingerprint density at radius 1 is 1.44 bits per heavy atom. The van der Waals surface area contributed by atoms with Crippen LogP contribution < -0.4 is 11.0 Å². The molecule has 0 aliphatic heterocycles. The molecule has 0 radical (unpaired) electrons. The molecule has 1 amide bonds. The summed E-state index contributed by atoms with van der Waals surface area (Å²) < 4.78 is 0. The summed E-state index contributed by atoms with van der Waals surface area (Å²) in [6.07, 6.45) is 1.73. The number of hydrogen-bond donors (Lipinski definition) is 4. The maximum atomic E-state index is 11.6. The van der Waals surface area contributed by atoms with Crippen molar-refractivity contribution in [2.45, 2.75) is 20.3 Å². The average molecular weight is 255 g/mol. The van der Waals surface area contributed by atoms with E-state index in [0.29, 0.717) is 6.42 Å². The zero-order chi connectivity index (χ0) is 13.7. The summed E-state index contributed by atoms with van der Waals surface area (Å²) >= 11 is 0. The minimum Gasteiger partial charge on any atom is -0.481 e. The Balaban J connectivity index is 2.54. The first-order valence-electron chi connectivity index (χ1n) is 5.69. The van der Waals surface area contributed by atoms with E-state index in [0.717, 1.165) is 0 Å². The van der Waals surface area contributed by atoms with Gasteiger partial charge < -0.3 is 20.4 Å². The Morgan fingerprint density at radius 3 is 2.56 bits per heavy atom. The van der Waals surface area contributed by atoms with Gasteiger partial charge in [-0.05, 0) is 12.3 Å². The van der Waals surface area contributed by atoms with Gasteiger partial charge in [0.05, 0.1) is 5.92 Å². The van der Waals surface area contributed by atoms with Crippen LogP contribution in [0.5, 0.6) is 0 Å². The smallest absolute Gasteiger partial charge is 0.323 e. The fourth-order valence-corrected chi connectivity index (χ4v) is 1.61. The molecule has 0 bridgehead atoms. The number of aromatic amines is 2. The number of H-pyrrole nitrogens is 2. The second kappa shape index (κ2) is 6.04. The largest absolute Gasteiger partial charge is 0.481 e. The third-order valence-corrected chi connectivity index (χ3v) is 2.45. The van der Waals surface area contributed by atoms with Crippen LogP contribution in [0.25, 0.3) is 0 Å². The first-order chi connectivity index (χ1) is 8.40. The number of carbonyl (C=O) groups excluding carboxylic acids is 1. The molecule has 0 fully saturated rings. The van der Waals surface area contributed by atoms with E-state index in [2.05, 4.69) is 15.3 Å². The third kappa shape index (κ3) is 4.08. The van der Waals surface area contributed by atoms with Crippen LogP contribution in [0.3, 0.4) is 0 Å². The molecule has 0 saturated carbocycles. The van der Waals surface area contributed by atoms with Crippen molar-refractivity contribution in [3.05, 3.63) is 22.4 Å². The summed E-state index contributed by atoms with van der Waals surface area (Å²) in [5, 5.41) is 11.5. The highest BCUT2D eigenvalue weighted by molar-refractivity contribution is 5.92. The average Bonchev–Trinajstić information content (AvgIpc) is 2.69. The molecule has 1 rings (SSSR count). The van der Waals surface area contributed by atoms with Gasteiger partial charge in [0.2, 0.25) is 0 Å². The predicted octanol–water partition coefficient (Wildman–Crippen LogP) is 0.180. The number of aliphatic carboxylic acids is 1. The zero-order valence-electron chi connectivity index (χ0n) is 10.3. The molecular formula is C11H17N3O4. The Labute approximate surface area is 104 Å². The van der Waals surface area contributed by atoms with E-state index >= 15 is 0 Å². The van der Waals surface area contributed by atoms with Gasteiger partial charge in [0, 0.05) is 12.7 Å². The first kappa shape index (κ1) is 14.0. The molecule has 0 aliphatic rings. The van der Waals surface area contributed by atoms with E-state index in [4.69, 9.17) is 5.11 Å². The number of nitrogens with one attached hydrogen (secondary N) is 3. The number of hydrogen-bond acceptors (Lipinski definition) is 3. The van der Waals surface area contributed by atoms with Crippen LogP contribution in [0.1, 0.15) is 30.8 Å². The lowest BCUT2D eigenvalue weighted by molar-refractivity contribution is -0.142. The lowest BCUT2D eigenvalue weighted by atomic mass is 9.97. The van der Waals surface area contributed by atoms with Crippen molar-refractivity contribution >= 4 is 11.9 Å². The lowest BCUT2D eigenvalue weighted by Crippen LogP contribution is -2.34. The van der Waals surface area contributed by atoms with Crippen LogP contribution in [-0.4, -0.2) is 33.5 Å². The SMILES string of the molecule is CC(C)CC(CNC(=O)c1c[nH]c(=O)[nH]1)C(=O)O. The van der Waals surface area contributed by atoms with Gasteiger partial charge in [-0.25, -0.2) is 4.79 Å². The van der Waals surface area contributed by atoms with Crippen LogP contribution in [0.2, 0.25) is 0 Å². The highest BCUT2D eigenvalue weighted by atomic mass is 16.4. The Hall–Kier alpha value is -2.05. The van der Waals surface area contributed by atoms with Crippen molar-refractivity contribution in [2.24, 2.45) is 11.8 Å². The van der Waals surface area contributed by atoms with Gasteiger partial charge in [0.25, 0.3) is 5.91 Å². The second-order valence-corrected chi connectivity index (χ2v) is 4.53. The molecule has 0 saturated heterocycles. The van der Waals surface area contributed by atoms with Gasteiger partial charge in [-0.2, -0.15) is 0 Å². The number of imidazole rings is 1. The Morgan fingerprint density at radius 2 is 2.11 bits per heavy atom. The third-order valence-electron chi connectivity index (χ3n) is 2.45. The number of amides is 1. The molecule has 0 aliphatic carbocycles. The topological polar surface area (TPSA) is 115 Å².